The molecule has 0 saturated carbocycles. The predicted molar refractivity (Wildman–Crippen MR) is 141 cm³/mol. The lowest BCUT2D eigenvalue weighted by Gasteiger charge is -2.18. The molecule has 0 bridgehead atoms. The fraction of sp³-hybridized carbons (Fsp3) is 0. The van der Waals surface area contributed by atoms with Crippen molar-refractivity contribution in [1.29, 1.82) is 0 Å². The lowest BCUT2D eigenvalue weighted by atomic mass is 9.85. The van der Waals surface area contributed by atoms with Gasteiger partial charge in [-0.1, -0.05) is 104 Å². The van der Waals surface area contributed by atoms with E-state index >= 15 is 0 Å². The first-order valence-corrected chi connectivity index (χ1v) is 10.9. The summed E-state index contributed by atoms with van der Waals surface area (Å²) in [6.45, 7) is 7.94. The van der Waals surface area contributed by atoms with Crippen LogP contribution in [0.15, 0.2) is 122 Å². The maximum Gasteiger partial charge on any atom is -0.00201 e. The molecule has 0 atom stereocenters. The lowest BCUT2D eigenvalue weighted by Crippen LogP contribution is -1.92. The van der Waals surface area contributed by atoms with Crippen molar-refractivity contribution in [2.75, 3.05) is 0 Å². The molecule has 0 aliphatic carbocycles. The zero-order valence-electron chi connectivity index (χ0n) is 17.8. The minimum absolute atomic E-state index is 1.09. The van der Waals surface area contributed by atoms with Crippen molar-refractivity contribution in [3.8, 4) is 11.1 Å². The minimum atomic E-state index is 1.09. The molecule has 0 radical (unpaired) electrons. The average molecular weight is 407 g/mol. The Labute approximate surface area is 187 Å². The Morgan fingerprint density at radius 3 is 2.06 bits per heavy atom. The lowest BCUT2D eigenvalue weighted by molar-refractivity contribution is 1.69. The highest BCUT2D eigenvalue weighted by molar-refractivity contribution is 6.28. The third kappa shape index (κ3) is 2.70. The molecule has 0 amide bonds. The molecule has 6 aromatic carbocycles. The average Bonchev–Trinajstić information content (AvgIpc) is 2.85. The van der Waals surface area contributed by atoms with Crippen LogP contribution in [0.2, 0.25) is 0 Å². The predicted octanol–water partition coefficient (Wildman–Crippen LogP) is 9.16. The van der Waals surface area contributed by atoms with Crippen LogP contribution in [0.3, 0.4) is 0 Å². The van der Waals surface area contributed by atoms with Gasteiger partial charge in [0.1, 0.15) is 0 Å². The zero-order valence-corrected chi connectivity index (χ0v) is 17.8. The van der Waals surface area contributed by atoms with Gasteiger partial charge in [0.2, 0.25) is 0 Å². The summed E-state index contributed by atoms with van der Waals surface area (Å²) in [4.78, 5) is 0. The fourth-order valence-electron chi connectivity index (χ4n) is 5.08. The number of fused-ring (bicyclic) bond motifs is 1. The summed E-state index contributed by atoms with van der Waals surface area (Å²) in [6, 6.07) is 33.2. The fourth-order valence-corrected chi connectivity index (χ4v) is 5.08. The Bertz CT molecular complexity index is 1690. The second kappa shape index (κ2) is 7.21. The van der Waals surface area contributed by atoms with E-state index in [2.05, 4.69) is 104 Å². The minimum Gasteiger partial charge on any atom is -0.0990 e. The highest BCUT2D eigenvalue weighted by Gasteiger charge is 2.16. The van der Waals surface area contributed by atoms with Crippen molar-refractivity contribution in [1.82, 2.24) is 0 Å². The van der Waals surface area contributed by atoms with E-state index in [1.165, 1.54) is 59.8 Å². The number of benzene rings is 6. The van der Waals surface area contributed by atoms with E-state index in [9.17, 15) is 0 Å². The van der Waals surface area contributed by atoms with E-state index in [-0.39, 0.29) is 0 Å². The van der Waals surface area contributed by atoms with Gasteiger partial charge in [-0.05, 0) is 83.6 Å². The smallest absolute Gasteiger partial charge is 0.00201 e. The van der Waals surface area contributed by atoms with Crippen molar-refractivity contribution in [3.05, 3.63) is 128 Å². The topological polar surface area (TPSA) is 0 Å². The van der Waals surface area contributed by atoms with Crippen LogP contribution in [0, 0.1) is 0 Å². The first-order chi connectivity index (χ1) is 15.8. The van der Waals surface area contributed by atoms with Gasteiger partial charge in [-0.2, -0.15) is 0 Å². The summed E-state index contributed by atoms with van der Waals surface area (Å²) < 4.78 is 0. The standard InChI is InChI=1S/C32H22/c1-3-9-21(4-2)29-19-25-12-8-15-28-30(20-26-13-7-14-27(29)31(26)32(25)28)24-17-16-22-10-5-6-11-23(22)18-24/h3-20H,1-2H2/b21-9+. The molecule has 0 nitrogen and oxygen atoms in total. The van der Waals surface area contributed by atoms with Gasteiger partial charge in [0, 0.05) is 0 Å². The largest absolute Gasteiger partial charge is 0.0990 e. The molecule has 150 valence electrons. The third-order valence-corrected chi connectivity index (χ3v) is 6.51. The number of allylic oxidation sites excluding steroid dienone is 4. The van der Waals surface area contributed by atoms with E-state index in [0.717, 1.165) is 5.57 Å². The molecule has 0 spiro atoms. The van der Waals surface area contributed by atoms with Gasteiger partial charge in [-0.15, -0.1) is 0 Å². The molecular formula is C32H22. The van der Waals surface area contributed by atoms with Crippen molar-refractivity contribution in [2.45, 2.75) is 0 Å². The maximum atomic E-state index is 4.05. The Morgan fingerprint density at radius 2 is 1.28 bits per heavy atom. The van der Waals surface area contributed by atoms with Gasteiger partial charge in [-0.25, -0.2) is 0 Å². The van der Waals surface area contributed by atoms with Gasteiger partial charge < -0.3 is 0 Å². The molecule has 0 saturated heterocycles. The molecule has 0 N–H and O–H groups in total. The van der Waals surface area contributed by atoms with Gasteiger partial charge in [0.25, 0.3) is 0 Å². The molecule has 0 heteroatoms. The van der Waals surface area contributed by atoms with Crippen molar-refractivity contribution < 1.29 is 0 Å². The summed E-state index contributed by atoms with van der Waals surface area (Å²) in [6.07, 6.45) is 5.78. The Hall–Kier alpha value is -4.16. The summed E-state index contributed by atoms with van der Waals surface area (Å²) in [7, 11) is 0. The molecule has 6 rings (SSSR count). The van der Waals surface area contributed by atoms with Crippen LogP contribution in [0.5, 0.6) is 0 Å². The van der Waals surface area contributed by atoms with Gasteiger partial charge in [-0.3, -0.25) is 0 Å². The quantitative estimate of drug-likeness (QED) is 0.202. The van der Waals surface area contributed by atoms with Crippen LogP contribution in [0.25, 0.3) is 59.8 Å². The second-order valence-corrected chi connectivity index (χ2v) is 8.28. The highest BCUT2D eigenvalue weighted by Crippen LogP contribution is 2.43. The summed E-state index contributed by atoms with van der Waals surface area (Å²) in [5, 5.41) is 10.2. The molecule has 0 aliphatic rings. The summed E-state index contributed by atoms with van der Waals surface area (Å²) in [5.74, 6) is 0. The SMILES string of the molecule is C=C/C=C(\C=C)c1cc2cccc3c(-c4ccc5ccccc5c4)cc4cccc1c4c23. The number of rotatable bonds is 4. The van der Waals surface area contributed by atoms with Crippen molar-refractivity contribution in [2.24, 2.45) is 0 Å². The normalized spacial score (nSPS) is 12.2. The van der Waals surface area contributed by atoms with Crippen LogP contribution < -0.4 is 0 Å². The molecule has 0 aliphatic heterocycles. The second-order valence-electron chi connectivity index (χ2n) is 8.28. The molecule has 0 unspecified atom stereocenters. The first-order valence-electron chi connectivity index (χ1n) is 10.9. The van der Waals surface area contributed by atoms with E-state index in [1.807, 2.05) is 18.2 Å². The Morgan fingerprint density at radius 1 is 0.594 bits per heavy atom. The van der Waals surface area contributed by atoms with Crippen LogP contribution in [-0.4, -0.2) is 0 Å². The van der Waals surface area contributed by atoms with Gasteiger partial charge in [0.05, 0.1) is 0 Å². The highest BCUT2D eigenvalue weighted by atomic mass is 14.2. The molecule has 0 aromatic heterocycles. The van der Waals surface area contributed by atoms with E-state index in [0.29, 0.717) is 0 Å². The molecule has 0 heterocycles. The monoisotopic (exact) mass is 406 g/mol. The van der Waals surface area contributed by atoms with E-state index < -0.39 is 0 Å². The molecule has 0 fully saturated rings. The van der Waals surface area contributed by atoms with Crippen molar-refractivity contribution >= 4 is 48.7 Å². The van der Waals surface area contributed by atoms with Gasteiger partial charge >= 0.3 is 0 Å². The molecule has 32 heavy (non-hydrogen) atoms. The van der Waals surface area contributed by atoms with Gasteiger partial charge in [0.15, 0.2) is 0 Å². The van der Waals surface area contributed by atoms with Crippen LogP contribution in [-0.2, 0) is 0 Å². The van der Waals surface area contributed by atoms with E-state index in [4.69, 9.17) is 0 Å². The van der Waals surface area contributed by atoms with Crippen LogP contribution in [0.4, 0.5) is 0 Å². The molecule has 6 aromatic rings. The third-order valence-electron chi connectivity index (χ3n) is 6.51. The van der Waals surface area contributed by atoms with Crippen LogP contribution in [0.1, 0.15) is 5.56 Å². The summed E-state index contributed by atoms with van der Waals surface area (Å²) in [5.41, 5.74) is 4.82. The van der Waals surface area contributed by atoms with E-state index in [1.54, 1.807) is 0 Å². The van der Waals surface area contributed by atoms with Crippen LogP contribution >= 0.6 is 0 Å². The van der Waals surface area contributed by atoms with Crippen molar-refractivity contribution in [3.63, 3.8) is 0 Å². The Kier molecular flexibility index (Phi) is 4.19. The summed E-state index contributed by atoms with van der Waals surface area (Å²) >= 11 is 0. The number of hydrogen-bond acceptors (Lipinski definition) is 0. The number of hydrogen-bond donors (Lipinski definition) is 0. The zero-order chi connectivity index (χ0) is 21.7. The first kappa shape index (κ1) is 18.6. The maximum absolute atomic E-state index is 4.05. The molecular weight excluding hydrogens is 384 g/mol. The Balaban J connectivity index is 1.75.